The highest BCUT2D eigenvalue weighted by atomic mass is 16.5. The zero-order chi connectivity index (χ0) is 21.0. The van der Waals surface area contributed by atoms with Crippen LogP contribution in [-0.4, -0.2) is 41.8 Å². The third-order valence-electron chi connectivity index (χ3n) is 4.26. The molecule has 9 heteroatoms. The fourth-order valence-electron chi connectivity index (χ4n) is 2.72. The van der Waals surface area contributed by atoms with E-state index in [4.69, 9.17) is 10.5 Å². The lowest BCUT2D eigenvalue weighted by molar-refractivity contribution is 0.0958. The molecule has 0 bridgehead atoms. The summed E-state index contributed by atoms with van der Waals surface area (Å²) in [5, 5.41) is 2.78. The Kier molecular flexibility index (Phi) is 5.59. The minimum Gasteiger partial charge on any atom is -0.496 e. The van der Waals surface area contributed by atoms with Crippen LogP contribution in [0.15, 0.2) is 54.9 Å². The van der Waals surface area contributed by atoms with Crippen LogP contribution >= 0.6 is 0 Å². The lowest BCUT2D eigenvalue weighted by Crippen LogP contribution is -2.29. The molecule has 3 amide bonds. The predicted octanol–water partition coefficient (Wildman–Crippen LogP) is 2.05. The number of nitrogens with one attached hydrogen (secondary N) is 2. The zero-order valence-electron chi connectivity index (χ0n) is 15.8. The van der Waals surface area contributed by atoms with Crippen molar-refractivity contribution < 1.29 is 19.1 Å². The molecule has 2 aromatic carbocycles. The van der Waals surface area contributed by atoms with E-state index in [0.717, 1.165) is 0 Å². The first-order valence-corrected chi connectivity index (χ1v) is 8.58. The van der Waals surface area contributed by atoms with Crippen LogP contribution in [-0.2, 0) is 0 Å². The number of aromatic nitrogens is 2. The van der Waals surface area contributed by atoms with Crippen LogP contribution < -0.4 is 20.7 Å². The fraction of sp³-hybridized carbons (Fsp3) is 0.100. The summed E-state index contributed by atoms with van der Waals surface area (Å²) in [6.07, 6.45) is 1.23. The van der Waals surface area contributed by atoms with E-state index in [9.17, 15) is 14.4 Å². The van der Waals surface area contributed by atoms with Gasteiger partial charge >= 0.3 is 0 Å². The highest BCUT2D eigenvalue weighted by molar-refractivity contribution is 6.11. The largest absolute Gasteiger partial charge is 0.496 e. The first-order chi connectivity index (χ1) is 13.9. The second-order valence-corrected chi connectivity index (χ2v) is 6.06. The van der Waals surface area contributed by atoms with Gasteiger partial charge in [0.05, 0.1) is 19.0 Å². The van der Waals surface area contributed by atoms with E-state index in [2.05, 4.69) is 15.3 Å². The van der Waals surface area contributed by atoms with Crippen LogP contribution in [0.2, 0.25) is 0 Å². The zero-order valence-corrected chi connectivity index (χ0v) is 15.8. The summed E-state index contributed by atoms with van der Waals surface area (Å²) in [5.41, 5.74) is 6.62. The van der Waals surface area contributed by atoms with Crippen LogP contribution in [0.1, 0.15) is 31.3 Å². The van der Waals surface area contributed by atoms with E-state index in [1.807, 2.05) is 0 Å². The maximum atomic E-state index is 12.6. The number of imidazole rings is 1. The van der Waals surface area contributed by atoms with E-state index in [1.54, 1.807) is 55.6 Å². The third kappa shape index (κ3) is 4.08. The maximum Gasteiger partial charge on any atom is 0.279 e. The molecule has 148 valence electrons. The standard InChI is InChI=1S/C20H19N5O4/c1-25(20(28)17-16(18(21)26)22-11-23-17)13-9-7-12(8-10-13)24-19(27)14-5-3-4-6-15(14)29-2/h3-11H,1-2H3,(H2,21,26)(H,22,23)(H,24,27). The van der Waals surface area contributed by atoms with Gasteiger partial charge in [-0.25, -0.2) is 4.98 Å². The van der Waals surface area contributed by atoms with E-state index in [-0.39, 0.29) is 17.3 Å². The minimum absolute atomic E-state index is 0.0532. The number of aromatic amines is 1. The van der Waals surface area contributed by atoms with Gasteiger partial charge in [0, 0.05) is 18.4 Å². The molecular formula is C20H19N5O4. The maximum absolute atomic E-state index is 12.6. The molecule has 0 aliphatic carbocycles. The van der Waals surface area contributed by atoms with E-state index < -0.39 is 11.8 Å². The summed E-state index contributed by atoms with van der Waals surface area (Å²) in [7, 11) is 3.04. The minimum atomic E-state index is -0.770. The summed E-state index contributed by atoms with van der Waals surface area (Å²) in [6.45, 7) is 0. The first kappa shape index (κ1) is 19.6. The van der Waals surface area contributed by atoms with Crippen molar-refractivity contribution >= 4 is 29.1 Å². The number of nitrogens with zero attached hydrogens (tertiary/aromatic N) is 2. The number of nitrogens with two attached hydrogens (primary N) is 1. The van der Waals surface area contributed by atoms with E-state index in [0.29, 0.717) is 22.7 Å². The van der Waals surface area contributed by atoms with Crippen LogP contribution in [0.3, 0.4) is 0 Å². The number of hydrogen-bond acceptors (Lipinski definition) is 5. The van der Waals surface area contributed by atoms with Gasteiger partial charge in [0.1, 0.15) is 11.4 Å². The highest BCUT2D eigenvalue weighted by Gasteiger charge is 2.22. The number of primary amides is 1. The molecule has 4 N–H and O–H groups in total. The average Bonchev–Trinajstić information content (AvgIpc) is 3.23. The van der Waals surface area contributed by atoms with Crippen LogP contribution in [0.25, 0.3) is 0 Å². The first-order valence-electron chi connectivity index (χ1n) is 8.58. The summed E-state index contributed by atoms with van der Waals surface area (Å²) < 4.78 is 5.20. The Balaban J connectivity index is 1.74. The van der Waals surface area contributed by atoms with Crippen molar-refractivity contribution in [2.24, 2.45) is 5.73 Å². The molecular weight excluding hydrogens is 374 g/mol. The van der Waals surface area contributed by atoms with E-state index in [1.165, 1.54) is 18.3 Å². The van der Waals surface area contributed by atoms with Gasteiger partial charge in [0.15, 0.2) is 5.69 Å². The SMILES string of the molecule is COc1ccccc1C(=O)Nc1ccc(N(C)C(=O)c2nc[nH]c2C(N)=O)cc1. The highest BCUT2D eigenvalue weighted by Crippen LogP contribution is 2.22. The van der Waals surface area contributed by atoms with Crippen LogP contribution in [0.4, 0.5) is 11.4 Å². The second kappa shape index (κ2) is 8.26. The Bertz CT molecular complexity index is 1060. The van der Waals surface area contributed by atoms with Crippen LogP contribution in [0.5, 0.6) is 5.75 Å². The quantitative estimate of drug-likeness (QED) is 0.590. The molecule has 0 unspecified atom stereocenters. The van der Waals surface area contributed by atoms with Gasteiger partial charge in [-0.3, -0.25) is 14.4 Å². The molecule has 0 aliphatic rings. The number of amides is 3. The molecule has 9 nitrogen and oxygen atoms in total. The molecule has 0 atom stereocenters. The third-order valence-corrected chi connectivity index (χ3v) is 4.26. The molecule has 3 rings (SSSR count). The molecule has 0 fully saturated rings. The van der Waals surface area contributed by atoms with E-state index >= 15 is 0 Å². The lowest BCUT2D eigenvalue weighted by atomic mass is 10.1. The Hall–Kier alpha value is -4.14. The predicted molar refractivity (Wildman–Crippen MR) is 107 cm³/mol. The molecule has 1 aromatic heterocycles. The van der Waals surface area contributed by atoms with Gasteiger partial charge in [-0.1, -0.05) is 12.1 Å². The Morgan fingerprint density at radius 3 is 2.45 bits per heavy atom. The number of ether oxygens (including phenoxy) is 1. The van der Waals surface area contributed by atoms with Gasteiger partial charge in [-0.05, 0) is 36.4 Å². The van der Waals surface area contributed by atoms with Crippen LogP contribution in [0, 0.1) is 0 Å². The molecule has 0 spiro atoms. The molecule has 29 heavy (non-hydrogen) atoms. The number of carbonyl (C=O) groups excluding carboxylic acids is 3. The van der Waals surface area contributed by atoms with Gasteiger partial charge < -0.3 is 25.7 Å². The number of anilines is 2. The second-order valence-electron chi connectivity index (χ2n) is 6.06. The van der Waals surface area contributed by atoms with Crippen molar-refractivity contribution in [3.05, 3.63) is 71.8 Å². The summed E-state index contributed by atoms with van der Waals surface area (Å²) in [6, 6.07) is 13.5. The number of para-hydroxylation sites is 1. The number of hydrogen-bond donors (Lipinski definition) is 3. The topological polar surface area (TPSA) is 130 Å². The fourth-order valence-corrected chi connectivity index (χ4v) is 2.72. The summed E-state index contributed by atoms with van der Waals surface area (Å²) in [4.78, 5) is 44.2. The molecule has 0 saturated carbocycles. The smallest absolute Gasteiger partial charge is 0.279 e. The van der Waals surface area contributed by atoms with Crippen molar-refractivity contribution in [1.82, 2.24) is 9.97 Å². The normalized spacial score (nSPS) is 10.3. The Labute approximate surface area is 166 Å². The molecule has 3 aromatic rings. The van der Waals surface area contributed by atoms with Gasteiger partial charge in [-0.2, -0.15) is 0 Å². The van der Waals surface area contributed by atoms with Gasteiger partial charge in [0.25, 0.3) is 17.7 Å². The molecule has 0 saturated heterocycles. The van der Waals surface area contributed by atoms with Gasteiger partial charge in [0.2, 0.25) is 0 Å². The van der Waals surface area contributed by atoms with Crippen molar-refractivity contribution in [3.8, 4) is 5.75 Å². The van der Waals surface area contributed by atoms with Crippen molar-refractivity contribution in [3.63, 3.8) is 0 Å². The number of methoxy groups -OCH3 is 1. The number of carbonyl (C=O) groups is 3. The molecule has 0 radical (unpaired) electrons. The van der Waals surface area contributed by atoms with Crippen molar-refractivity contribution in [2.45, 2.75) is 0 Å². The lowest BCUT2D eigenvalue weighted by Gasteiger charge is -2.17. The molecule has 0 aliphatic heterocycles. The summed E-state index contributed by atoms with van der Waals surface area (Å²) in [5.74, 6) is -1.11. The van der Waals surface area contributed by atoms with Crippen molar-refractivity contribution in [2.75, 3.05) is 24.4 Å². The monoisotopic (exact) mass is 393 g/mol. The van der Waals surface area contributed by atoms with Crippen molar-refractivity contribution in [1.29, 1.82) is 0 Å². The Morgan fingerprint density at radius 1 is 1.10 bits per heavy atom. The van der Waals surface area contributed by atoms with Gasteiger partial charge in [-0.15, -0.1) is 0 Å². The summed E-state index contributed by atoms with van der Waals surface area (Å²) >= 11 is 0. The number of rotatable bonds is 6. The Morgan fingerprint density at radius 2 is 1.79 bits per heavy atom. The number of benzene rings is 2. The average molecular weight is 393 g/mol. The number of H-pyrrole nitrogens is 1. The molecule has 1 heterocycles.